The topological polar surface area (TPSA) is 16.1 Å². The summed E-state index contributed by atoms with van der Waals surface area (Å²) in [5.74, 6) is 1.12. The zero-order chi connectivity index (χ0) is 10.9. The van der Waals surface area contributed by atoms with Gasteiger partial charge in [-0.05, 0) is 18.1 Å². The van der Waals surface area contributed by atoms with Gasteiger partial charge in [0, 0.05) is 30.0 Å². The van der Waals surface area contributed by atoms with Gasteiger partial charge in [0.15, 0.2) is 0 Å². The second-order valence-corrected chi connectivity index (χ2v) is 5.24. The Morgan fingerprint density at radius 3 is 2.67 bits per heavy atom. The third-order valence-electron chi connectivity index (χ3n) is 3.29. The zero-order valence-corrected chi connectivity index (χ0v) is 10.9. The Morgan fingerprint density at radius 1 is 1.47 bits per heavy atom. The molecule has 1 saturated heterocycles. The number of aromatic nitrogens is 1. The highest BCUT2D eigenvalue weighted by atomic mass is 79.9. The maximum atomic E-state index is 4.47. The Balaban J connectivity index is 2.01. The van der Waals surface area contributed by atoms with Crippen molar-refractivity contribution in [2.24, 2.45) is 5.41 Å². The van der Waals surface area contributed by atoms with E-state index in [-0.39, 0.29) is 0 Å². The van der Waals surface area contributed by atoms with Crippen LogP contribution in [0.5, 0.6) is 0 Å². The summed E-state index contributed by atoms with van der Waals surface area (Å²) in [5.41, 5.74) is 1.74. The average molecular weight is 269 g/mol. The highest BCUT2D eigenvalue weighted by Crippen LogP contribution is 2.35. The van der Waals surface area contributed by atoms with Gasteiger partial charge < -0.3 is 4.90 Å². The molecule has 0 saturated carbocycles. The van der Waals surface area contributed by atoms with Crippen LogP contribution in [-0.2, 0) is 5.33 Å². The first-order chi connectivity index (χ1) is 7.17. The van der Waals surface area contributed by atoms with E-state index >= 15 is 0 Å². The Morgan fingerprint density at radius 2 is 2.20 bits per heavy atom. The summed E-state index contributed by atoms with van der Waals surface area (Å²) in [6.07, 6.45) is 3.20. The number of rotatable bonds is 3. The molecule has 2 rings (SSSR count). The lowest BCUT2D eigenvalue weighted by Crippen LogP contribution is -2.54. The summed E-state index contributed by atoms with van der Waals surface area (Å²) in [7, 11) is 0. The van der Waals surface area contributed by atoms with Crippen LogP contribution < -0.4 is 4.90 Å². The summed E-state index contributed by atoms with van der Waals surface area (Å²) in [6, 6.07) is 4.25. The van der Waals surface area contributed by atoms with E-state index in [0.717, 1.165) is 24.2 Å². The molecule has 1 aromatic rings. The summed E-state index contributed by atoms with van der Waals surface area (Å²) >= 11 is 3.43. The molecule has 0 aromatic carbocycles. The summed E-state index contributed by atoms with van der Waals surface area (Å²) < 4.78 is 0. The third kappa shape index (κ3) is 2.17. The van der Waals surface area contributed by atoms with Crippen LogP contribution >= 0.6 is 15.9 Å². The monoisotopic (exact) mass is 268 g/mol. The van der Waals surface area contributed by atoms with Gasteiger partial charge in [0.2, 0.25) is 0 Å². The normalized spacial score (nSPS) is 18.7. The molecule has 0 unspecified atom stereocenters. The predicted molar refractivity (Wildman–Crippen MR) is 67.5 cm³/mol. The smallest absolute Gasteiger partial charge is 0.128 e. The summed E-state index contributed by atoms with van der Waals surface area (Å²) in [5, 5.41) is 0.882. The van der Waals surface area contributed by atoms with Crippen molar-refractivity contribution in [3.8, 4) is 0 Å². The maximum Gasteiger partial charge on any atom is 0.128 e. The molecule has 1 fully saturated rings. The first kappa shape index (κ1) is 10.9. The predicted octanol–water partition coefficient (Wildman–Crippen LogP) is 3.21. The number of halogens is 1. The lowest BCUT2D eigenvalue weighted by atomic mass is 9.79. The average Bonchev–Trinajstić information content (AvgIpc) is 2.25. The Bertz CT molecular complexity index is 328. The number of nitrogens with zero attached hydrogens (tertiary/aromatic N) is 2. The molecule has 2 nitrogen and oxygen atoms in total. The van der Waals surface area contributed by atoms with E-state index in [1.165, 1.54) is 12.0 Å². The van der Waals surface area contributed by atoms with Gasteiger partial charge in [-0.3, -0.25) is 0 Å². The van der Waals surface area contributed by atoms with Crippen LogP contribution in [0.3, 0.4) is 0 Å². The number of hydrogen-bond donors (Lipinski definition) is 0. The second-order valence-electron chi connectivity index (χ2n) is 4.68. The third-order valence-corrected chi connectivity index (χ3v) is 3.93. The molecule has 0 radical (unpaired) electrons. The molecule has 1 aliphatic rings. The van der Waals surface area contributed by atoms with Gasteiger partial charge in [0.25, 0.3) is 0 Å². The van der Waals surface area contributed by atoms with Crippen LogP contribution in [0.2, 0.25) is 0 Å². The standard InChI is InChI=1S/C12H17BrN2/c1-3-12(2)8-15(9-12)11-5-4-10(6-13)7-14-11/h4-5,7H,3,6,8-9H2,1-2H3. The van der Waals surface area contributed by atoms with Gasteiger partial charge in [-0.2, -0.15) is 0 Å². The second kappa shape index (κ2) is 4.12. The quantitative estimate of drug-likeness (QED) is 0.783. The van der Waals surface area contributed by atoms with Gasteiger partial charge in [-0.1, -0.05) is 35.8 Å². The Hall–Kier alpha value is -0.570. The lowest BCUT2D eigenvalue weighted by molar-refractivity contribution is 0.232. The highest BCUT2D eigenvalue weighted by Gasteiger charge is 2.37. The van der Waals surface area contributed by atoms with Crippen molar-refractivity contribution in [1.82, 2.24) is 4.98 Å². The number of hydrogen-bond acceptors (Lipinski definition) is 2. The minimum absolute atomic E-state index is 0.510. The Labute approximate surface area is 99.8 Å². The molecule has 3 heteroatoms. The molecular formula is C12H17BrN2. The highest BCUT2D eigenvalue weighted by molar-refractivity contribution is 9.08. The fourth-order valence-corrected chi connectivity index (χ4v) is 2.28. The van der Waals surface area contributed by atoms with E-state index in [2.05, 4.69) is 51.8 Å². The number of pyridine rings is 1. The molecule has 0 amide bonds. The van der Waals surface area contributed by atoms with Crippen molar-refractivity contribution in [2.75, 3.05) is 18.0 Å². The molecule has 2 heterocycles. The van der Waals surface area contributed by atoms with Crippen LogP contribution in [0.1, 0.15) is 25.8 Å². The van der Waals surface area contributed by atoms with E-state index in [0.29, 0.717) is 5.41 Å². The number of anilines is 1. The minimum atomic E-state index is 0.510. The molecule has 1 aliphatic heterocycles. The molecule has 0 bridgehead atoms. The molecule has 1 aromatic heterocycles. The molecular weight excluding hydrogens is 252 g/mol. The molecule has 15 heavy (non-hydrogen) atoms. The van der Waals surface area contributed by atoms with Gasteiger partial charge >= 0.3 is 0 Å². The molecule has 0 spiro atoms. The first-order valence-corrected chi connectivity index (χ1v) is 6.55. The largest absolute Gasteiger partial charge is 0.355 e. The van der Waals surface area contributed by atoms with Crippen molar-refractivity contribution in [3.05, 3.63) is 23.9 Å². The fourth-order valence-electron chi connectivity index (χ4n) is 1.94. The minimum Gasteiger partial charge on any atom is -0.355 e. The van der Waals surface area contributed by atoms with E-state index < -0.39 is 0 Å². The van der Waals surface area contributed by atoms with Crippen molar-refractivity contribution >= 4 is 21.7 Å². The fraction of sp³-hybridized carbons (Fsp3) is 0.583. The molecule has 0 N–H and O–H groups in total. The van der Waals surface area contributed by atoms with Gasteiger partial charge in [0.1, 0.15) is 5.82 Å². The summed E-state index contributed by atoms with van der Waals surface area (Å²) in [4.78, 5) is 6.82. The van der Waals surface area contributed by atoms with Crippen LogP contribution in [0.25, 0.3) is 0 Å². The molecule has 82 valence electrons. The van der Waals surface area contributed by atoms with Gasteiger partial charge in [-0.25, -0.2) is 4.98 Å². The van der Waals surface area contributed by atoms with Crippen molar-refractivity contribution in [3.63, 3.8) is 0 Å². The van der Waals surface area contributed by atoms with E-state index in [1.807, 2.05) is 6.20 Å². The zero-order valence-electron chi connectivity index (χ0n) is 9.33. The van der Waals surface area contributed by atoms with Crippen molar-refractivity contribution in [2.45, 2.75) is 25.6 Å². The van der Waals surface area contributed by atoms with E-state index in [9.17, 15) is 0 Å². The van der Waals surface area contributed by atoms with E-state index in [1.54, 1.807) is 0 Å². The van der Waals surface area contributed by atoms with Crippen LogP contribution in [0, 0.1) is 5.41 Å². The Kier molecular flexibility index (Phi) is 3.01. The van der Waals surface area contributed by atoms with Crippen LogP contribution in [0.15, 0.2) is 18.3 Å². The van der Waals surface area contributed by atoms with Gasteiger partial charge in [0.05, 0.1) is 0 Å². The molecule has 0 aliphatic carbocycles. The molecule has 0 atom stereocenters. The lowest BCUT2D eigenvalue weighted by Gasteiger charge is -2.48. The number of alkyl halides is 1. The van der Waals surface area contributed by atoms with Crippen LogP contribution in [-0.4, -0.2) is 18.1 Å². The maximum absolute atomic E-state index is 4.47. The van der Waals surface area contributed by atoms with Gasteiger partial charge in [-0.15, -0.1) is 0 Å². The first-order valence-electron chi connectivity index (χ1n) is 5.43. The summed E-state index contributed by atoms with van der Waals surface area (Å²) in [6.45, 7) is 6.89. The van der Waals surface area contributed by atoms with Crippen molar-refractivity contribution < 1.29 is 0 Å². The van der Waals surface area contributed by atoms with Crippen molar-refractivity contribution in [1.29, 1.82) is 0 Å². The SMILES string of the molecule is CCC1(C)CN(c2ccc(CBr)cn2)C1. The van der Waals surface area contributed by atoms with E-state index in [4.69, 9.17) is 0 Å². The van der Waals surface area contributed by atoms with Crippen LogP contribution in [0.4, 0.5) is 5.82 Å².